The van der Waals surface area contributed by atoms with Crippen molar-refractivity contribution in [3.63, 3.8) is 0 Å². The Balaban J connectivity index is 2.49. The molecule has 0 aliphatic heterocycles. The number of rotatable bonds is 10. The van der Waals surface area contributed by atoms with Crippen LogP contribution in [-0.4, -0.2) is 28.3 Å². The van der Waals surface area contributed by atoms with E-state index in [0.717, 1.165) is 12.8 Å². The maximum atomic E-state index is 13.2. The van der Waals surface area contributed by atoms with Crippen molar-refractivity contribution in [2.24, 2.45) is 5.92 Å². The Morgan fingerprint density at radius 3 is 2.33 bits per heavy atom. The summed E-state index contributed by atoms with van der Waals surface area (Å²) in [7, 11) is 0. The highest BCUT2D eigenvalue weighted by atomic mass is 16.5. The van der Waals surface area contributed by atoms with Gasteiger partial charge in [0.25, 0.3) is 5.91 Å². The van der Waals surface area contributed by atoms with Gasteiger partial charge in [0.2, 0.25) is 0 Å². The Kier molecular flexibility index (Phi) is 5.50. The van der Waals surface area contributed by atoms with E-state index in [9.17, 15) is 15.0 Å². The summed E-state index contributed by atoms with van der Waals surface area (Å²) in [5.74, 6) is -0.285. The van der Waals surface area contributed by atoms with Gasteiger partial charge in [-0.3, -0.25) is 4.79 Å². The Bertz CT molecular complexity index is 976. The Morgan fingerprint density at radius 2 is 1.77 bits per heavy atom. The molecule has 0 aliphatic carbocycles. The number of nitrogens with one attached hydrogen (secondary N) is 1. The molecule has 0 aromatic heterocycles. The van der Waals surface area contributed by atoms with E-state index in [-0.39, 0.29) is 11.1 Å². The minimum absolute atomic E-state index is 0.0240. The summed E-state index contributed by atoms with van der Waals surface area (Å²) >= 11 is 0. The first-order valence-electron chi connectivity index (χ1n) is 13.1. The van der Waals surface area contributed by atoms with Gasteiger partial charge in [0.1, 0.15) is 5.75 Å². The molecule has 0 aliphatic rings. The van der Waals surface area contributed by atoms with Crippen molar-refractivity contribution in [1.29, 1.82) is 0 Å². The van der Waals surface area contributed by atoms with Crippen molar-refractivity contribution in [3.05, 3.63) is 65.7 Å². The van der Waals surface area contributed by atoms with Crippen molar-refractivity contribution in [2.45, 2.75) is 64.6 Å². The zero-order valence-corrected chi connectivity index (χ0v) is 17.7. The van der Waals surface area contributed by atoms with Crippen LogP contribution in [0.15, 0.2) is 54.6 Å². The molecule has 30 heavy (non-hydrogen) atoms. The predicted molar refractivity (Wildman–Crippen MR) is 119 cm³/mol. The number of hydrogen-bond acceptors (Lipinski definition) is 4. The van der Waals surface area contributed by atoms with Crippen LogP contribution < -0.4 is 10.1 Å². The van der Waals surface area contributed by atoms with Gasteiger partial charge in [-0.25, -0.2) is 0 Å². The lowest BCUT2D eigenvalue weighted by atomic mass is 9.89. The van der Waals surface area contributed by atoms with Gasteiger partial charge in [-0.1, -0.05) is 62.7 Å². The third-order valence-electron chi connectivity index (χ3n) is 5.00. The Morgan fingerprint density at radius 1 is 1.13 bits per heavy atom. The van der Waals surface area contributed by atoms with Crippen LogP contribution in [0.25, 0.3) is 0 Å². The third-order valence-corrected chi connectivity index (χ3v) is 5.00. The van der Waals surface area contributed by atoms with Gasteiger partial charge in [0.05, 0.1) is 18.2 Å². The van der Waals surface area contributed by atoms with Crippen molar-refractivity contribution < 1.29 is 28.0 Å². The first-order valence-corrected chi connectivity index (χ1v) is 10.1. The number of carbonyl (C=O) groups excluding carboxylic acids is 1. The lowest BCUT2D eigenvalue weighted by molar-refractivity contribution is -0.141. The smallest absolute Gasteiger partial charge is 0.256 e. The monoisotopic (exact) mass is 419 g/mol. The maximum absolute atomic E-state index is 13.2. The first kappa shape index (κ1) is 16.3. The quantitative estimate of drug-likeness (QED) is 0.535. The lowest BCUT2D eigenvalue weighted by Crippen LogP contribution is -2.49. The fourth-order valence-electron chi connectivity index (χ4n) is 3.17. The molecule has 1 unspecified atom stereocenters. The van der Waals surface area contributed by atoms with Gasteiger partial charge in [-0.2, -0.15) is 0 Å². The van der Waals surface area contributed by atoms with Crippen LogP contribution in [0.5, 0.6) is 5.75 Å². The third kappa shape index (κ3) is 6.31. The van der Waals surface area contributed by atoms with Crippen LogP contribution in [0.3, 0.4) is 0 Å². The van der Waals surface area contributed by atoms with E-state index in [1.807, 2.05) is 0 Å². The van der Waals surface area contributed by atoms with E-state index >= 15 is 0 Å². The topological polar surface area (TPSA) is 78.8 Å². The van der Waals surface area contributed by atoms with Gasteiger partial charge < -0.3 is 20.3 Å². The summed E-state index contributed by atoms with van der Waals surface area (Å²) < 4.78 is 52.9. The minimum atomic E-state index is -3.42. The van der Waals surface area contributed by atoms with E-state index < -0.39 is 36.9 Å². The summed E-state index contributed by atoms with van der Waals surface area (Å²) in [6, 6.07) is 11.8. The second kappa shape index (κ2) is 10.1. The molecule has 5 heteroatoms. The average molecular weight is 420 g/mol. The molecular formula is C25H35NO4. The molecule has 2 aromatic carbocycles. The molecular weight excluding hydrogens is 378 g/mol. The molecule has 0 heterocycles. The molecule has 0 fully saturated rings. The second-order valence-electron chi connectivity index (χ2n) is 7.88. The number of hydrogen-bond donors (Lipinski definition) is 3. The van der Waals surface area contributed by atoms with Crippen molar-refractivity contribution >= 4 is 5.91 Å². The summed E-state index contributed by atoms with van der Waals surface area (Å²) in [6.45, 7) is -1.05. The van der Waals surface area contributed by atoms with E-state index in [1.54, 1.807) is 18.2 Å². The molecule has 3 atom stereocenters. The molecule has 5 nitrogen and oxygen atoms in total. The zero-order chi connectivity index (χ0) is 27.4. The molecule has 0 spiro atoms. The summed E-state index contributed by atoms with van der Waals surface area (Å²) in [4.78, 5) is 13.2. The maximum Gasteiger partial charge on any atom is 0.256 e. The van der Waals surface area contributed by atoms with Crippen LogP contribution in [0, 0.1) is 5.92 Å². The highest BCUT2D eigenvalue weighted by Gasteiger charge is 2.37. The van der Waals surface area contributed by atoms with Gasteiger partial charge in [-0.05, 0) is 56.2 Å². The second-order valence-corrected chi connectivity index (χ2v) is 7.88. The van der Waals surface area contributed by atoms with Crippen LogP contribution in [0.4, 0.5) is 0 Å². The van der Waals surface area contributed by atoms with Crippen LogP contribution in [0.1, 0.15) is 72.7 Å². The van der Waals surface area contributed by atoms with Crippen LogP contribution >= 0.6 is 0 Å². The van der Waals surface area contributed by atoms with Crippen LogP contribution in [0.2, 0.25) is 0 Å². The molecule has 1 amide bonds. The Labute approximate surface area is 188 Å². The van der Waals surface area contributed by atoms with E-state index in [1.165, 1.54) is 43.3 Å². The first-order chi connectivity index (χ1) is 16.6. The van der Waals surface area contributed by atoms with Gasteiger partial charge in [-0.15, -0.1) is 0 Å². The number of amides is 1. The average Bonchev–Trinajstić information content (AvgIpc) is 2.80. The Hall–Kier alpha value is -2.37. The van der Waals surface area contributed by atoms with Crippen molar-refractivity contribution in [2.75, 3.05) is 6.61 Å². The standard InChI is InChI=1S/C25H35NO4/c1-6-10-18(2)17-30-21-15-13-19(14-16-21)22(24(3,4)28)26-23(27)25(5,29)20-11-8-7-9-12-20/h7-9,11-16,18,22,28-29H,6,10,17H2,1-5H3,(H,26,27)/t18?,22-,25-/m1/s1/i3D3,4D3. The summed E-state index contributed by atoms with van der Waals surface area (Å²) in [5.41, 5.74) is -5.27. The number of carbonyl (C=O) groups is 1. The normalized spacial score (nSPS) is 19.5. The lowest BCUT2D eigenvalue weighted by Gasteiger charge is -2.33. The summed E-state index contributed by atoms with van der Waals surface area (Å²) in [6.07, 6.45) is 2.00. The molecule has 0 saturated carbocycles. The molecule has 0 saturated heterocycles. The zero-order valence-electron chi connectivity index (χ0n) is 23.7. The van der Waals surface area contributed by atoms with Gasteiger partial charge in [0.15, 0.2) is 5.60 Å². The fourth-order valence-corrected chi connectivity index (χ4v) is 3.17. The summed E-state index contributed by atoms with van der Waals surface area (Å²) in [5, 5.41) is 24.5. The predicted octanol–water partition coefficient (Wildman–Crippen LogP) is 4.34. The molecule has 2 rings (SSSR count). The van der Waals surface area contributed by atoms with Crippen molar-refractivity contribution in [1.82, 2.24) is 5.32 Å². The van der Waals surface area contributed by atoms with E-state index in [0.29, 0.717) is 18.3 Å². The highest BCUT2D eigenvalue weighted by molar-refractivity contribution is 5.86. The van der Waals surface area contributed by atoms with E-state index in [2.05, 4.69) is 19.2 Å². The van der Waals surface area contributed by atoms with Gasteiger partial charge in [0, 0.05) is 8.22 Å². The SMILES string of the molecule is [2H]C([2H])([2H])C(O)([C@H](NC(=O)[C@](C)(O)c1ccccc1)c1ccc(OCC(C)CCC)cc1)C([2H])([2H])[2H]. The minimum Gasteiger partial charge on any atom is -0.493 e. The van der Waals surface area contributed by atoms with Crippen LogP contribution in [-0.2, 0) is 10.4 Å². The van der Waals surface area contributed by atoms with Gasteiger partial charge >= 0.3 is 0 Å². The highest BCUT2D eigenvalue weighted by Crippen LogP contribution is 2.29. The fraction of sp³-hybridized carbons (Fsp3) is 0.480. The van der Waals surface area contributed by atoms with E-state index in [4.69, 9.17) is 13.0 Å². The molecule has 3 N–H and O–H groups in total. The molecule has 0 radical (unpaired) electrons. The number of benzene rings is 2. The van der Waals surface area contributed by atoms with Crippen molar-refractivity contribution in [3.8, 4) is 5.75 Å². The largest absolute Gasteiger partial charge is 0.493 e. The number of ether oxygens (including phenoxy) is 1. The molecule has 164 valence electrons. The molecule has 0 bridgehead atoms. The molecule has 2 aromatic rings. The number of aliphatic hydroxyl groups is 2.